The Bertz CT molecular complexity index is 273. The van der Waals surface area contributed by atoms with Crippen LogP contribution in [0.25, 0.3) is 0 Å². The van der Waals surface area contributed by atoms with Gasteiger partial charge in [-0.25, -0.2) is 0 Å². The Balaban J connectivity index is 2.56. The lowest BCUT2D eigenvalue weighted by atomic mass is 9.79. The highest BCUT2D eigenvalue weighted by atomic mass is 16.5. The molecule has 24 heavy (non-hydrogen) atoms. The Hall–Kier alpha value is -0.120. The molecule has 0 unspecified atom stereocenters. The van der Waals surface area contributed by atoms with Gasteiger partial charge in [0.2, 0.25) is 0 Å². The van der Waals surface area contributed by atoms with E-state index >= 15 is 0 Å². The van der Waals surface area contributed by atoms with E-state index in [-0.39, 0.29) is 5.41 Å². The van der Waals surface area contributed by atoms with E-state index in [0.29, 0.717) is 25.2 Å². The molecule has 1 aliphatic carbocycles. The largest absolute Gasteiger partial charge is 0.384 e. The Kier molecular flexibility index (Phi) is 12.0. The molecule has 0 saturated heterocycles. The highest BCUT2D eigenvalue weighted by molar-refractivity contribution is 4.83. The summed E-state index contributed by atoms with van der Waals surface area (Å²) in [4.78, 5) is 0. The molecule has 0 heterocycles. The Morgan fingerprint density at radius 1 is 0.708 bits per heavy atom. The molecule has 0 aliphatic heterocycles. The van der Waals surface area contributed by atoms with Gasteiger partial charge >= 0.3 is 0 Å². The quantitative estimate of drug-likeness (QED) is 0.573. The van der Waals surface area contributed by atoms with E-state index < -0.39 is 0 Å². The van der Waals surface area contributed by atoms with Crippen molar-refractivity contribution in [1.29, 1.82) is 0 Å². The third-order valence-corrected chi connectivity index (χ3v) is 5.75. The normalized spacial score (nSPS) is 19.9. The van der Waals surface area contributed by atoms with Gasteiger partial charge in [0, 0.05) is 19.6 Å². The average Bonchev–Trinajstić information content (AvgIpc) is 2.54. The number of ether oxygens (including phenoxy) is 3. The summed E-state index contributed by atoms with van der Waals surface area (Å²) >= 11 is 0. The van der Waals surface area contributed by atoms with Crippen LogP contribution in [0.2, 0.25) is 0 Å². The summed E-state index contributed by atoms with van der Waals surface area (Å²) in [6.45, 7) is 6.65. The summed E-state index contributed by atoms with van der Waals surface area (Å²) in [6, 6.07) is 0. The first kappa shape index (κ1) is 21.9. The predicted molar refractivity (Wildman–Crippen MR) is 102 cm³/mol. The second-order valence-corrected chi connectivity index (χ2v) is 8.08. The molecule has 0 bridgehead atoms. The van der Waals surface area contributed by atoms with Crippen molar-refractivity contribution in [2.24, 2.45) is 11.3 Å². The zero-order valence-electron chi connectivity index (χ0n) is 16.8. The smallest absolute Gasteiger partial charge is 0.0575 e. The molecule has 0 atom stereocenters. The van der Waals surface area contributed by atoms with Crippen LogP contribution in [0.1, 0.15) is 84.5 Å². The Morgan fingerprint density at radius 2 is 1.12 bits per heavy atom. The molecule has 0 aromatic carbocycles. The Labute approximate surface area is 150 Å². The van der Waals surface area contributed by atoms with E-state index in [0.717, 1.165) is 6.61 Å². The van der Waals surface area contributed by atoms with Crippen LogP contribution in [0, 0.1) is 11.3 Å². The van der Waals surface area contributed by atoms with Gasteiger partial charge in [-0.1, -0.05) is 71.6 Å². The molecule has 1 fully saturated rings. The van der Waals surface area contributed by atoms with E-state index in [4.69, 9.17) is 14.2 Å². The monoisotopic (exact) mass is 342 g/mol. The van der Waals surface area contributed by atoms with Gasteiger partial charge in [-0.3, -0.25) is 0 Å². The molecule has 0 radical (unpaired) electrons. The summed E-state index contributed by atoms with van der Waals surface area (Å²) in [7, 11) is 3.56. The molecule has 3 heteroatoms. The van der Waals surface area contributed by atoms with E-state index in [1.165, 1.54) is 70.6 Å². The van der Waals surface area contributed by atoms with Crippen LogP contribution in [0.3, 0.4) is 0 Å². The van der Waals surface area contributed by atoms with Crippen molar-refractivity contribution in [1.82, 2.24) is 0 Å². The van der Waals surface area contributed by atoms with Crippen molar-refractivity contribution < 1.29 is 14.2 Å². The first-order valence-corrected chi connectivity index (χ1v) is 10.2. The van der Waals surface area contributed by atoms with Gasteiger partial charge in [0.1, 0.15) is 0 Å². The lowest BCUT2D eigenvalue weighted by Crippen LogP contribution is -2.42. The summed E-state index contributed by atoms with van der Waals surface area (Å²) < 4.78 is 17.5. The lowest BCUT2D eigenvalue weighted by molar-refractivity contribution is -0.0978. The van der Waals surface area contributed by atoms with Crippen LogP contribution < -0.4 is 0 Å². The zero-order chi connectivity index (χ0) is 17.7. The van der Waals surface area contributed by atoms with Crippen LogP contribution in [-0.2, 0) is 14.2 Å². The van der Waals surface area contributed by atoms with Crippen molar-refractivity contribution in [3.8, 4) is 0 Å². The molecule has 3 nitrogen and oxygen atoms in total. The number of methoxy groups -OCH3 is 2. The molecule has 0 aromatic heterocycles. The molecular weight excluding hydrogens is 300 g/mol. The van der Waals surface area contributed by atoms with Crippen molar-refractivity contribution in [3.63, 3.8) is 0 Å². The minimum absolute atomic E-state index is 0.0345. The minimum Gasteiger partial charge on any atom is -0.384 e. The molecule has 144 valence electrons. The van der Waals surface area contributed by atoms with Gasteiger partial charge in [0.05, 0.1) is 25.9 Å². The van der Waals surface area contributed by atoms with Crippen LogP contribution in [0.5, 0.6) is 0 Å². The number of hydrogen-bond donors (Lipinski definition) is 0. The van der Waals surface area contributed by atoms with Crippen LogP contribution in [-0.4, -0.2) is 40.1 Å². The third kappa shape index (κ3) is 8.31. The number of rotatable bonds is 8. The fraction of sp³-hybridized carbons (Fsp3) is 1.00. The molecule has 0 N–H and O–H groups in total. The van der Waals surface area contributed by atoms with Crippen LogP contribution >= 0.6 is 0 Å². The van der Waals surface area contributed by atoms with E-state index in [9.17, 15) is 0 Å². The van der Waals surface area contributed by atoms with E-state index in [2.05, 4.69) is 13.8 Å². The SMILES string of the molecule is COCC(COC)(COC1CCCCCCCCCCC1)C(C)C. The van der Waals surface area contributed by atoms with Crippen molar-refractivity contribution in [2.45, 2.75) is 90.6 Å². The molecule has 1 aliphatic rings. The van der Waals surface area contributed by atoms with Gasteiger partial charge in [-0.15, -0.1) is 0 Å². The summed E-state index contributed by atoms with van der Waals surface area (Å²) in [5, 5.41) is 0. The molecule has 0 amide bonds. The van der Waals surface area contributed by atoms with Gasteiger partial charge in [-0.05, 0) is 18.8 Å². The molecular formula is C21H42O3. The highest BCUT2D eigenvalue weighted by Crippen LogP contribution is 2.30. The average molecular weight is 343 g/mol. The van der Waals surface area contributed by atoms with Crippen molar-refractivity contribution >= 4 is 0 Å². The maximum absolute atomic E-state index is 6.46. The number of hydrogen-bond acceptors (Lipinski definition) is 3. The fourth-order valence-corrected chi connectivity index (χ4v) is 3.78. The van der Waals surface area contributed by atoms with E-state index in [1.54, 1.807) is 14.2 Å². The summed E-state index contributed by atoms with van der Waals surface area (Å²) in [6.07, 6.45) is 15.3. The van der Waals surface area contributed by atoms with Crippen molar-refractivity contribution in [3.05, 3.63) is 0 Å². The van der Waals surface area contributed by atoms with Gasteiger partial charge in [-0.2, -0.15) is 0 Å². The predicted octanol–water partition coefficient (Wildman–Crippen LogP) is 5.61. The lowest BCUT2D eigenvalue weighted by Gasteiger charge is -2.37. The van der Waals surface area contributed by atoms with E-state index in [1.807, 2.05) is 0 Å². The first-order chi connectivity index (χ1) is 11.6. The highest BCUT2D eigenvalue weighted by Gasteiger charge is 2.35. The Morgan fingerprint density at radius 3 is 1.50 bits per heavy atom. The first-order valence-electron chi connectivity index (χ1n) is 10.2. The third-order valence-electron chi connectivity index (χ3n) is 5.75. The van der Waals surface area contributed by atoms with Gasteiger partial charge in [0.25, 0.3) is 0 Å². The summed E-state index contributed by atoms with van der Waals surface area (Å²) in [5.41, 5.74) is -0.0345. The second-order valence-electron chi connectivity index (χ2n) is 8.08. The molecule has 0 spiro atoms. The molecule has 0 aromatic rings. The summed E-state index contributed by atoms with van der Waals surface area (Å²) in [5.74, 6) is 0.476. The second kappa shape index (κ2) is 13.1. The van der Waals surface area contributed by atoms with Crippen LogP contribution in [0.15, 0.2) is 0 Å². The maximum atomic E-state index is 6.46. The maximum Gasteiger partial charge on any atom is 0.0575 e. The molecule has 1 saturated carbocycles. The zero-order valence-corrected chi connectivity index (χ0v) is 16.8. The van der Waals surface area contributed by atoms with Crippen LogP contribution in [0.4, 0.5) is 0 Å². The van der Waals surface area contributed by atoms with Gasteiger partial charge < -0.3 is 14.2 Å². The fourth-order valence-electron chi connectivity index (χ4n) is 3.78. The molecule has 1 rings (SSSR count). The van der Waals surface area contributed by atoms with Crippen molar-refractivity contribution in [2.75, 3.05) is 34.0 Å². The topological polar surface area (TPSA) is 27.7 Å². The minimum atomic E-state index is -0.0345. The standard InChI is InChI=1S/C21H42O3/c1-19(2)21(16-22-3,17-23-4)18-24-20-14-12-10-8-6-5-7-9-11-13-15-20/h19-20H,5-18H2,1-4H3. The van der Waals surface area contributed by atoms with Gasteiger partial charge in [0.15, 0.2) is 0 Å².